The zero-order chi connectivity index (χ0) is 34.8. The van der Waals surface area contributed by atoms with E-state index in [1.807, 2.05) is 109 Å². The van der Waals surface area contributed by atoms with Gasteiger partial charge in [-0.05, 0) is 34.9 Å². The van der Waals surface area contributed by atoms with Gasteiger partial charge in [0.2, 0.25) is 0 Å². The molecule has 6 aromatic rings. The molecule has 0 aromatic heterocycles. The first-order valence-corrected chi connectivity index (χ1v) is 16.6. The molecule has 0 unspecified atom stereocenters. The van der Waals surface area contributed by atoms with E-state index in [4.69, 9.17) is 14.2 Å². The molecule has 0 fully saturated rings. The summed E-state index contributed by atoms with van der Waals surface area (Å²) in [6.07, 6.45) is 2.50. The molecule has 0 aliphatic rings. The molecule has 250 valence electrons. The highest BCUT2D eigenvalue weighted by atomic mass is 16.5. The fourth-order valence-electron chi connectivity index (χ4n) is 4.50. The number of ether oxygens (including phenoxy) is 3. The lowest BCUT2D eigenvalue weighted by Crippen LogP contribution is -1.86. The maximum absolute atomic E-state index is 5.30. The van der Waals surface area contributed by atoms with Crippen molar-refractivity contribution in [1.29, 1.82) is 0 Å². The van der Waals surface area contributed by atoms with Gasteiger partial charge in [0.05, 0.1) is 21.3 Å². The van der Waals surface area contributed by atoms with E-state index in [0.29, 0.717) is 0 Å². The monoisotopic (exact) mass is 640 g/mol. The SMILES string of the molecule is CCC.CCC.COc1ccccc1-c1ccccc1.COc1ccccc1-c1ccccc1.COc1ccccc1-c1ccccc1. The minimum absolute atomic E-state index is 0.915. The highest BCUT2D eigenvalue weighted by Gasteiger charge is 2.04. The van der Waals surface area contributed by atoms with E-state index in [1.54, 1.807) is 21.3 Å². The maximum atomic E-state index is 5.30. The molecule has 0 bridgehead atoms. The van der Waals surface area contributed by atoms with E-state index in [2.05, 4.69) is 82.3 Å². The minimum atomic E-state index is 0.915. The van der Waals surface area contributed by atoms with Gasteiger partial charge < -0.3 is 14.2 Å². The van der Waals surface area contributed by atoms with E-state index in [1.165, 1.54) is 29.5 Å². The van der Waals surface area contributed by atoms with Crippen LogP contribution in [0.1, 0.15) is 40.5 Å². The summed E-state index contributed by atoms with van der Waals surface area (Å²) in [5.41, 5.74) is 6.96. The van der Waals surface area contributed by atoms with Crippen molar-refractivity contribution in [2.45, 2.75) is 40.5 Å². The van der Waals surface area contributed by atoms with Crippen LogP contribution in [0.4, 0.5) is 0 Å². The molecule has 0 amide bonds. The Hall–Kier alpha value is -5.28. The van der Waals surface area contributed by atoms with Crippen LogP contribution < -0.4 is 14.2 Å². The molecule has 0 aliphatic carbocycles. The Bertz CT molecular complexity index is 1450. The summed E-state index contributed by atoms with van der Waals surface area (Å²) < 4.78 is 15.9. The molecule has 0 spiro atoms. The molecule has 3 heteroatoms. The molecule has 6 rings (SSSR count). The summed E-state index contributed by atoms with van der Waals surface area (Å²) in [5.74, 6) is 2.75. The number of methoxy groups -OCH3 is 3. The van der Waals surface area contributed by atoms with Crippen molar-refractivity contribution >= 4 is 0 Å². The first kappa shape index (κ1) is 38.9. The Kier molecular flexibility index (Phi) is 19.4. The number of rotatable bonds is 6. The molecule has 0 aliphatic heterocycles. The Morgan fingerprint density at radius 2 is 0.479 bits per heavy atom. The van der Waals surface area contributed by atoms with Crippen molar-refractivity contribution in [3.05, 3.63) is 164 Å². The summed E-state index contributed by atoms with van der Waals surface area (Å²) in [6, 6.07) is 54.8. The van der Waals surface area contributed by atoms with Gasteiger partial charge in [0.15, 0.2) is 0 Å². The smallest absolute Gasteiger partial charge is 0.126 e. The van der Waals surface area contributed by atoms with Crippen LogP contribution >= 0.6 is 0 Å². The Balaban J connectivity index is 0.000000231. The molecule has 0 saturated carbocycles. The second-order valence-electron chi connectivity index (χ2n) is 10.6. The summed E-state index contributed by atoms with van der Waals surface area (Å²) in [7, 11) is 5.09. The standard InChI is InChI=1S/3C13H12O.2C3H8/c3*1-14-13-10-6-5-9-12(13)11-7-3-2-4-8-11;2*1-3-2/h3*2-10H,1H3;2*3H2,1-2H3. The van der Waals surface area contributed by atoms with Gasteiger partial charge in [-0.25, -0.2) is 0 Å². The lowest BCUT2D eigenvalue weighted by atomic mass is 10.1. The number of hydrogen-bond donors (Lipinski definition) is 0. The van der Waals surface area contributed by atoms with Gasteiger partial charge in [0, 0.05) is 16.7 Å². The van der Waals surface area contributed by atoms with Gasteiger partial charge in [-0.1, -0.05) is 186 Å². The molecule has 0 N–H and O–H groups in total. The highest BCUT2D eigenvalue weighted by Crippen LogP contribution is 2.30. The molecule has 0 radical (unpaired) electrons. The van der Waals surface area contributed by atoms with Crippen molar-refractivity contribution in [2.24, 2.45) is 0 Å². The molecule has 48 heavy (non-hydrogen) atoms. The first-order chi connectivity index (χ1) is 23.6. The average molecular weight is 641 g/mol. The van der Waals surface area contributed by atoms with Gasteiger partial charge >= 0.3 is 0 Å². The van der Waals surface area contributed by atoms with Gasteiger partial charge in [0.25, 0.3) is 0 Å². The lowest BCUT2D eigenvalue weighted by Gasteiger charge is -2.07. The molecule has 0 heterocycles. The van der Waals surface area contributed by atoms with Gasteiger partial charge in [-0.2, -0.15) is 0 Å². The highest BCUT2D eigenvalue weighted by molar-refractivity contribution is 5.71. The van der Waals surface area contributed by atoms with Gasteiger partial charge in [0.1, 0.15) is 17.2 Å². The fourth-order valence-corrected chi connectivity index (χ4v) is 4.50. The third kappa shape index (κ3) is 13.2. The Morgan fingerprint density at radius 3 is 0.688 bits per heavy atom. The van der Waals surface area contributed by atoms with Crippen molar-refractivity contribution in [3.63, 3.8) is 0 Å². The predicted molar refractivity (Wildman–Crippen MR) is 207 cm³/mol. The predicted octanol–water partition coefficient (Wildman–Crippen LogP) is 12.9. The molecule has 6 aromatic carbocycles. The van der Waals surface area contributed by atoms with Crippen LogP contribution in [0, 0.1) is 0 Å². The van der Waals surface area contributed by atoms with Crippen molar-refractivity contribution in [3.8, 4) is 50.6 Å². The van der Waals surface area contributed by atoms with Crippen molar-refractivity contribution in [1.82, 2.24) is 0 Å². The largest absolute Gasteiger partial charge is 0.496 e. The van der Waals surface area contributed by atoms with Crippen molar-refractivity contribution in [2.75, 3.05) is 21.3 Å². The minimum Gasteiger partial charge on any atom is -0.496 e. The van der Waals surface area contributed by atoms with E-state index < -0.39 is 0 Å². The summed E-state index contributed by atoms with van der Waals surface area (Å²) in [6.45, 7) is 8.50. The van der Waals surface area contributed by atoms with E-state index in [0.717, 1.165) is 33.9 Å². The van der Waals surface area contributed by atoms with Crippen LogP contribution in [0.2, 0.25) is 0 Å². The lowest BCUT2D eigenvalue weighted by molar-refractivity contribution is 0.416. The zero-order valence-electron chi connectivity index (χ0n) is 29.7. The van der Waals surface area contributed by atoms with Crippen LogP contribution in [0.15, 0.2) is 164 Å². The third-order valence-electron chi connectivity index (χ3n) is 6.58. The van der Waals surface area contributed by atoms with E-state index in [-0.39, 0.29) is 0 Å². The molecular weight excluding hydrogens is 588 g/mol. The average Bonchev–Trinajstić information content (AvgIpc) is 3.17. The second-order valence-corrected chi connectivity index (χ2v) is 10.6. The second kappa shape index (κ2) is 24.0. The maximum Gasteiger partial charge on any atom is 0.126 e. The van der Waals surface area contributed by atoms with Crippen LogP contribution in [0.25, 0.3) is 33.4 Å². The van der Waals surface area contributed by atoms with Crippen LogP contribution in [0.5, 0.6) is 17.2 Å². The summed E-state index contributed by atoms with van der Waals surface area (Å²) in [5, 5.41) is 0. The zero-order valence-corrected chi connectivity index (χ0v) is 29.7. The van der Waals surface area contributed by atoms with E-state index >= 15 is 0 Å². The Morgan fingerprint density at radius 1 is 0.292 bits per heavy atom. The molecule has 0 atom stereocenters. The van der Waals surface area contributed by atoms with Crippen LogP contribution in [0.3, 0.4) is 0 Å². The normalized spacial score (nSPS) is 9.31. The van der Waals surface area contributed by atoms with Crippen LogP contribution in [-0.2, 0) is 0 Å². The van der Waals surface area contributed by atoms with Crippen LogP contribution in [-0.4, -0.2) is 21.3 Å². The van der Waals surface area contributed by atoms with Gasteiger partial charge in [-0.15, -0.1) is 0 Å². The third-order valence-corrected chi connectivity index (χ3v) is 6.58. The Labute approximate surface area is 289 Å². The number of hydrogen-bond acceptors (Lipinski definition) is 3. The fraction of sp³-hybridized carbons (Fsp3) is 0.200. The summed E-state index contributed by atoms with van der Waals surface area (Å²) in [4.78, 5) is 0. The van der Waals surface area contributed by atoms with E-state index in [9.17, 15) is 0 Å². The summed E-state index contributed by atoms with van der Waals surface area (Å²) >= 11 is 0. The number of benzene rings is 6. The van der Waals surface area contributed by atoms with Crippen molar-refractivity contribution < 1.29 is 14.2 Å². The number of para-hydroxylation sites is 3. The topological polar surface area (TPSA) is 27.7 Å². The molecule has 3 nitrogen and oxygen atoms in total. The molecule has 0 saturated heterocycles. The molecular formula is C45H52O3. The first-order valence-electron chi connectivity index (χ1n) is 16.6. The van der Waals surface area contributed by atoms with Gasteiger partial charge in [-0.3, -0.25) is 0 Å². The quantitative estimate of drug-likeness (QED) is 0.181.